The lowest BCUT2D eigenvalue weighted by Gasteiger charge is -2.38. The van der Waals surface area contributed by atoms with E-state index < -0.39 is 11.1 Å². The average Bonchev–Trinajstić information content (AvgIpc) is 2.24. The van der Waals surface area contributed by atoms with Crippen molar-refractivity contribution in [2.45, 2.75) is 58.6 Å². The molecular formula is C16H25NO2. The van der Waals surface area contributed by atoms with E-state index in [9.17, 15) is 9.90 Å². The predicted molar refractivity (Wildman–Crippen MR) is 78.0 cm³/mol. The monoisotopic (exact) mass is 263 g/mol. The van der Waals surface area contributed by atoms with Crippen molar-refractivity contribution in [1.82, 2.24) is 5.32 Å². The highest BCUT2D eigenvalue weighted by molar-refractivity contribution is 5.77. The summed E-state index contributed by atoms with van der Waals surface area (Å²) in [4.78, 5) is 11.9. The van der Waals surface area contributed by atoms with Gasteiger partial charge in [0.25, 0.3) is 0 Å². The van der Waals surface area contributed by atoms with Crippen LogP contribution >= 0.6 is 0 Å². The number of aryl methyl sites for hydroxylation is 2. The average molecular weight is 263 g/mol. The van der Waals surface area contributed by atoms with E-state index in [2.05, 4.69) is 11.4 Å². The minimum atomic E-state index is -0.952. The number of carbonyl (C=O) groups excluding carboxylic acids is 1. The second kappa shape index (κ2) is 5.74. The Morgan fingerprint density at radius 1 is 1.26 bits per heavy atom. The Hall–Kier alpha value is -1.35. The first-order valence-electron chi connectivity index (χ1n) is 6.71. The van der Waals surface area contributed by atoms with Crippen molar-refractivity contribution in [3.63, 3.8) is 0 Å². The van der Waals surface area contributed by atoms with E-state index in [1.165, 1.54) is 5.56 Å². The Morgan fingerprint density at radius 3 is 2.42 bits per heavy atom. The quantitative estimate of drug-likeness (QED) is 0.858. The summed E-state index contributed by atoms with van der Waals surface area (Å²) < 4.78 is 0. The summed E-state index contributed by atoms with van der Waals surface area (Å²) in [6, 6.07) is 8.17. The number of nitrogens with one attached hydrogen (secondary N) is 1. The number of aliphatic hydroxyl groups is 1. The molecule has 0 unspecified atom stereocenters. The molecule has 0 fully saturated rings. The highest BCUT2D eigenvalue weighted by atomic mass is 16.3. The molecule has 0 bridgehead atoms. The summed E-state index contributed by atoms with van der Waals surface area (Å²) in [5.41, 5.74) is 0.772. The van der Waals surface area contributed by atoms with E-state index >= 15 is 0 Å². The Balaban J connectivity index is 2.53. The zero-order chi connectivity index (χ0) is 14.7. The van der Waals surface area contributed by atoms with Gasteiger partial charge in [-0.3, -0.25) is 4.79 Å². The molecule has 0 atom stereocenters. The number of carbonyl (C=O) groups is 1. The first-order valence-corrected chi connectivity index (χ1v) is 6.71. The number of rotatable bonds is 5. The van der Waals surface area contributed by atoms with Crippen molar-refractivity contribution in [2.75, 3.05) is 0 Å². The van der Waals surface area contributed by atoms with Crippen LogP contribution in [0.2, 0.25) is 0 Å². The van der Waals surface area contributed by atoms with Crippen LogP contribution in [0.4, 0.5) is 0 Å². The first-order chi connectivity index (χ1) is 8.62. The van der Waals surface area contributed by atoms with Crippen LogP contribution in [0.5, 0.6) is 0 Å². The third kappa shape index (κ3) is 4.67. The molecule has 0 aliphatic carbocycles. The van der Waals surface area contributed by atoms with E-state index in [0.717, 1.165) is 12.0 Å². The molecular weight excluding hydrogens is 238 g/mol. The summed E-state index contributed by atoms with van der Waals surface area (Å²) in [6.45, 7) is 9.11. The molecule has 1 aromatic carbocycles. The molecule has 1 amide bonds. The van der Waals surface area contributed by atoms with E-state index in [-0.39, 0.29) is 5.91 Å². The number of hydrogen-bond acceptors (Lipinski definition) is 2. The Labute approximate surface area is 116 Å². The number of amides is 1. The fourth-order valence-corrected chi connectivity index (χ4v) is 1.69. The van der Waals surface area contributed by atoms with Crippen molar-refractivity contribution >= 4 is 5.91 Å². The van der Waals surface area contributed by atoms with E-state index in [1.807, 2.05) is 39.0 Å². The molecule has 3 nitrogen and oxygen atoms in total. The molecule has 1 aromatic rings. The van der Waals surface area contributed by atoms with Crippen LogP contribution in [0, 0.1) is 6.92 Å². The molecule has 19 heavy (non-hydrogen) atoms. The van der Waals surface area contributed by atoms with Gasteiger partial charge < -0.3 is 10.4 Å². The standard InChI is InChI=1S/C16H25NO2/c1-12-7-6-8-13(11-12)9-10-14(18)17-15(2,3)16(4,5)19/h6-8,11,19H,9-10H2,1-5H3,(H,17,18). The van der Waals surface area contributed by atoms with Crippen LogP contribution in [0.25, 0.3) is 0 Å². The zero-order valence-corrected chi connectivity index (χ0v) is 12.6. The largest absolute Gasteiger partial charge is 0.388 e. The molecule has 0 aliphatic rings. The summed E-state index contributed by atoms with van der Waals surface area (Å²) in [7, 11) is 0. The summed E-state index contributed by atoms with van der Waals surface area (Å²) >= 11 is 0. The number of benzene rings is 1. The van der Waals surface area contributed by atoms with Crippen molar-refractivity contribution < 1.29 is 9.90 Å². The summed E-state index contributed by atoms with van der Waals surface area (Å²) in [5.74, 6) is -0.0337. The first kappa shape index (κ1) is 15.7. The van der Waals surface area contributed by atoms with Crippen LogP contribution in [-0.4, -0.2) is 22.2 Å². The Bertz CT molecular complexity index is 444. The maximum Gasteiger partial charge on any atom is 0.220 e. The van der Waals surface area contributed by atoms with Gasteiger partial charge >= 0.3 is 0 Å². The van der Waals surface area contributed by atoms with Crippen molar-refractivity contribution in [2.24, 2.45) is 0 Å². The molecule has 2 N–H and O–H groups in total. The van der Waals surface area contributed by atoms with Crippen LogP contribution in [0.3, 0.4) is 0 Å². The highest BCUT2D eigenvalue weighted by Gasteiger charge is 2.36. The smallest absolute Gasteiger partial charge is 0.220 e. The highest BCUT2D eigenvalue weighted by Crippen LogP contribution is 2.20. The van der Waals surface area contributed by atoms with E-state index in [0.29, 0.717) is 6.42 Å². The van der Waals surface area contributed by atoms with Crippen molar-refractivity contribution in [1.29, 1.82) is 0 Å². The Morgan fingerprint density at radius 2 is 1.89 bits per heavy atom. The molecule has 0 heterocycles. The summed E-state index contributed by atoms with van der Waals surface area (Å²) in [6.07, 6.45) is 1.15. The number of hydrogen-bond donors (Lipinski definition) is 2. The molecule has 0 spiro atoms. The molecule has 0 aromatic heterocycles. The minimum Gasteiger partial charge on any atom is -0.388 e. The van der Waals surface area contributed by atoms with Crippen LogP contribution in [0.15, 0.2) is 24.3 Å². The fraction of sp³-hybridized carbons (Fsp3) is 0.562. The lowest BCUT2D eigenvalue weighted by atomic mass is 9.86. The van der Waals surface area contributed by atoms with Crippen LogP contribution in [-0.2, 0) is 11.2 Å². The predicted octanol–water partition coefficient (Wildman–Crippen LogP) is 2.59. The SMILES string of the molecule is Cc1cccc(CCC(=O)NC(C)(C)C(C)(C)O)c1. The molecule has 1 rings (SSSR count). The lowest BCUT2D eigenvalue weighted by molar-refractivity contribution is -0.126. The molecule has 0 radical (unpaired) electrons. The third-order valence-corrected chi connectivity index (χ3v) is 3.70. The molecule has 0 saturated heterocycles. The van der Waals surface area contributed by atoms with Gasteiger partial charge in [-0.05, 0) is 46.6 Å². The van der Waals surface area contributed by atoms with Crippen molar-refractivity contribution in [3.8, 4) is 0 Å². The molecule has 0 saturated carbocycles. The second-order valence-electron chi connectivity index (χ2n) is 6.22. The molecule has 0 aliphatic heterocycles. The van der Waals surface area contributed by atoms with Gasteiger partial charge in [-0.15, -0.1) is 0 Å². The maximum atomic E-state index is 11.9. The minimum absolute atomic E-state index is 0.0337. The topological polar surface area (TPSA) is 49.3 Å². The van der Waals surface area contributed by atoms with Gasteiger partial charge in [0.2, 0.25) is 5.91 Å². The van der Waals surface area contributed by atoms with Gasteiger partial charge in [0.1, 0.15) is 0 Å². The third-order valence-electron chi connectivity index (χ3n) is 3.70. The normalized spacial score (nSPS) is 12.3. The Kier molecular flexibility index (Phi) is 4.75. The van der Waals surface area contributed by atoms with E-state index in [1.54, 1.807) is 13.8 Å². The lowest BCUT2D eigenvalue weighted by Crippen LogP contribution is -2.57. The summed E-state index contributed by atoms with van der Waals surface area (Å²) in [5, 5.41) is 12.9. The fourth-order valence-electron chi connectivity index (χ4n) is 1.69. The van der Waals surface area contributed by atoms with Gasteiger partial charge in [0, 0.05) is 6.42 Å². The van der Waals surface area contributed by atoms with E-state index in [4.69, 9.17) is 0 Å². The van der Waals surface area contributed by atoms with Crippen LogP contribution in [0.1, 0.15) is 45.2 Å². The van der Waals surface area contributed by atoms with Gasteiger partial charge in [-0.2, -0.15) is 0 Å². The zero-order valence-electron chi connectivity index (χ0n) is 12.6. The van der Waals surface area contributed by atoms with Gasteiger partial charge in [-0.1, -0.05) is 29.8 Å². The van der Waals surface area contributed by atoms with Gasteiger partial charge in [-0.25, -0.2) is 0 Å². The van der Waals surface area contributed by atoms with Crippen LogP contribution < -0.4 is 5.32 Å². The molecule has 3 heteroatoms. The second-order valence-corrected chi connectivity index (χ2v) is 6.22. The maximum absolute atomic E-state index is 11.9. The van der Waals surface area contributed by atoms with Gasteiger partial charge in [0.15, 0.2) is 0 Å². The molecule has 106 valence electrons. The van der Waals surface area contributed by atoms with Gasteiger partial charge in [0.05, 0.1) is 11.1 Å². The van der Waals surface area contributed by atoms with Crippen molar-refractivity contribution in [3.05, 3.63) is 35.4 Å².